The molecule has 318 valence electrons. The highest BCUT2D eigenvalue weighted by Crippen LogP contribution is 2.38. The van der Waals surface area contributed by atoms with Crippen LogP contribution in [0.2, 0.25) is 0 Å². The second kappa shape index (κ2) is 20.3. The number of methoxy groups -OCH3 is 2. The first-order valence-corrected chi connectivity index (χ1v) is 20.9. The molecule has 3 aromatic rings. The molecule has 0 saturated carbocycles. The van der Waals surface area contributed by atoms with Crippen LogP contribution < -0.4 is 10.6 Å². The molecule has 4 N–H and O–H groups in total. The average molecular weight is 817 g/mol. The third-order valence-electron chi connectivity index (χ3n) is 11.6. The van der Waals surface area contributed by atoms with Gasteiger partial charge in [0.1, 0.15) is 12.1 Å². The molecule has 2 amide bonds. The molecule has 2 aliphatic rings. The number of hydrogen-bond acceptors (Lipinski definition) is 8. The molecule has 12 heteroatoms. The number of nitrogens with zero attached hydrogens (tertiary/aromatic N) is 2. The highest BCUT2D eigenvalue weighted by molar-refractivity contribution is 5.98. The van der Waals surface area contributed by atoms with Crippen molar-refractivity contribution >= 4 is 80.3 Å². The monoisotopic (exact) mass is 816 g/mol. The minimum atomic E-state index is -0.722. The Kier molecular flexibility index (Phi) is 15.2. The predicted octanol–water partition coefficient (Wildman–Crippen LogP) is 9.34. The van der Waals surface area contributed by atoms with Gasteiger partial charge in [0, 0.05) is 46.0 Å². The van der Waals surface area contributed by atoms with Crippen LogP contribution in [-0.2, 0) is 28.7 Å². The molecule has 2 aliphatic heterocycles. The highest BCUT2D eigenvalue weighted by Gasteiger charge is 2.26. The van der Waals surface area contributed by atoms with Gasteiger partial charge in [0.25, 0.3) is 0 Å². The average Bonchev–Trinajstić information content (AvgIpc) is 3.90. The number of ether oxygens (including phenoxy) is 2. The topological polar surface area (TPSA) is 168 Å². The Morgan fingerprint density at radius 1 is 0.633 bits per heavy atom. The van der Waals surface area contributed by atoms with Crippen molar-refractivity contribution in [3.05, 3.63) is 82.5 Å². The lowest BCUT2D eigenvalue weighted by molar-refractivity contribution is -0.145. The molecule has 0 aromatic carbocycles. The molecule has 5 heterocycles. The number of aromatic nitrogens is 4. The summed E-state index contributed by atoms with van der Waals surface area (Å²) in [6, 6.07) is 6.60. The van der Waals surface area contributed by atoms with E-state index in [0.717, 1.165) is 104 Å². The standard InChI is InChI=1S/C48H60N6O6/c1-11-15-17-35(47(57)59-9)53-45(55)21-19-33-29(7)38-23-37-27(5)31(13-3)41(49-37)24-39-28(6)32(14-4)42(50-39)25-40-30(8)34(44(52-40)26-43(33)51-38)20-22-46(56)54-36(18-16-12-2)48(58)60-10/h13-14,23-26,35-36,49-50H,3-4,11-12,15-22H2,1-2,5-10H3,(H,53,55)(H,54,56). The summed E-state index contributed by atoms with van der Waals surface area (Å²) in [4.78, 5) is 69.4. The van der Waals surface area contributed by atoms with Crippen molar-refractivity contribution in [2.24, 2.45) is 0 Å². The largest absolute Gasteiger partial charge is 0.467 e. The number of amides is 2. The van der Waals surface area contributed by atoms with Gasteiger partial charge in [-0.05, 0) is 111 Å². The lowest BCUT2D eigenvalue weighted by Gasteiger charge is -2.16. The van der Waals surface area contributed by atoms with Crippen LogP contribution in [-0.4, -0.2) is 70.0 Å². The fourth-order valence-corrected chi connectivity index (χ4v) is 7.91. The molecule has 3 aromatic heterocycles. The minimum absolute atomic E-state index is 0.115. The van der Waals surface area contributed by atoms with Gasteiger partial charge in [-0.25, -0.2) is 19.6 Å². The fourth-order valence-electron chi connectivity index (χ4n) is 7.91. The van der Waals surface area contributed by atoms with Crippen molar-refractivity contribution in [2.45, 2.75) is 118 Å². The zero-order chi connectivity index (χ0) is 43.7. The molecule has 8 bridgehead atoms. The molecule has 12 nitrogen and oxygen atoms in total. The number of aromatic amines is 2. The smallest absolute Gasteiger partial charge is 0.328 e. The summed E-state index contributed by atoms with van der Waals surface area (Å²) in [5.41, 5.74) is 13.7. The Bertz CT molecular complexity index is 2410. The molecule has 2 unspecified atom stereocenters. The number of unbranched alkanes of at least 4 members (excludes halogenated alkanes) is 2. The molecule has 0 saturated heterocycles. The van der Waals surface area contributed by atoms with Gasteiger partial charge in [0.05, 0.1) is 37.0 Å². The van der Waals surface area contributed by atoms with E-state index in [4.69, 9.17) is 19.4 Å². The van der Waals surface area contributed by atoms with Crippen LogP contribution in [0.3, 0.4) is 0 Å². The number of H-pyrrole nitrogens is 2. The zero-order valence-corrected chi connectivity index (χ0v) is 36.4. The van der Waals surface area contributed by atoms with Crippen LogP contribution in [0.4, 0.5) is 0 Å². The summed E-state index contributed by atoms with van der Waals surface area (Å²) in [5.74, 6) is -1.45. The van der Waals surface area contributed by atoms with E-state index in [-0.39, 0.29) is 24.7 Å². The van der Waals surface area contributed by atoms with Gasteiger partial charge in [-0.1, -0.05) is 64.8 Å². The number of carbonyl (C=O) groups excluding carboxylic acids is 4. The maximum absolute atomic E-state index is 13.4. The van der Waals surface area contributed by atoms with Gasteiger partial charge in [0.2, 0.25) is 11.8 Å². The lowest BCUT2D eigenvalue weighted by Crippen LogP contribution is -2.41. The third kappa shape index (κ3) is 10.0. The number of allylic oxidation sites excluding steroid dienone is 4. The molecule has 2 atom stereocenters. The molecule has 5 rings (SSSR count). The maximum Gasteiger partial charge on any atom is 0.328 e. The summed E-state index contributed by atoms with van der Waals surface area (Å²) in [7, 11) is 2.65. The van der Waals surface area contributed by atoms with Crippen LogP contribution in [0.15, 0.2) is 37.4 Å². The van der Waals surface area contributed by atoms with Crippen LogP contribution in [0.25, 0.3) is 56.5 Å². The Labute approximate surface area is 353 Å². The molecule has 60 heavy (non-hydrogen) atoms. The number of rotatable bonds is 18. The second-order valence-electron chi connectivity index (χ2n) is 15.5. The molecule has 0 aliphatic carbocycles. The van der Waals surface area contributed by atoms with Crippen LogP contribution in [0.5, 0.6) is 0 Å². The first-order chi connectivity index (χ1) is 28.8. The Morgan fingerprint density at radius 3 is 1.43 bits per heavy atom. The number of carbonyl (C=O) groups is 4. The first-order valence-electron chi connectivity index (χ1n) is 20.9. The van der Waals surface area contributed by atoms with E-state index in [1.165, 1.54) is 14.2 Å². The van der Waals surface area contributed by atoms with Gasteiger partial charge in [-0.2, -0.15) is 0 Å². The number of nitrogens with one attached hydrogen (secondary N) is 4. The van der Waals surface area contributed by atoms with Crippen molar-refractivity contribution < 1.29 is 28.7 Å². The Balaban J connectivity index is 1.67. The van der Waals surface area contributed by atoms with Crippen molar-refractivity contribution in [1.82, 2.24) is 30.6 Å². The summed E-state index contributed by atoms with van der Waals surface area (Å²) < 4.78 is 9.96. The lowest BCUT2D eigenvalue weighted by atomic mass is 9.97. The van der Waals surface area contributed by atoms with Gasteiger partial charge < -0.3 is 30.1 Å². The minimum Gasteiger partial charge on any atom is -0.467 e. The summed E-state index contributed by atoms with van der Waals surface area (Å²) in [5, 5.41) is 5.78. The van der Waals surface area contributed by atoms with E-state index in [2.05, 4.69) is 46.7 Å². The maximum atomic E-state index is 13.4. The number of aryl methyl sites for hydroxylation is 2. The van der Waals surface area contributed by atoms with Crippen LogP contribution in [0, 0.1) is 13.8 Å². The van der Waals surface area contributed by atoms with E-state index in [9.17, 15) is 19.2 Å². The van der Waals surface area contributed by atoms with Crippen molar-refractivity contribution in [3.63, 3.8) is 0 Å². The van der Waals surface area contributed by atoms with Gasteiger partial charge in [0.15, 0.2) is 0 Å². The van der Waals surface area contributed by atoms with E-state index < -0.39 is 24.0 Å². The third-order valence-corrected chi connectivity index (χ3v) is 11.6. The van der Waals surface area contributed by atoms with E-state index in [0.29, 0.717) is 37.1 Å². The second-order valence-corrected chi connectivity index (χ2v) is 15.5. The predicted molar refractivity (Wildman–Crippen MR) is 241 cm³/mol. The summed E-state index contributed by atoms with van der Waals surface area (Å²) >= 11 is 0. The molecule has 0 fully saturated rings. The van der Waals surface area contributed by atoms with E-state index >= 15 is 0 Å². The van der Waals surface area contributed by atoms with E-state index in [1.54, 1.807) is 0 Å². The normalized spacial score (nSPS) is 13.5. The quantitative estimate of drug-likeness (QED) is 0.0922. The van der Waals surface area contributed by atoms with E-state index in [1.807, 2.05) is 65.0 Å². The summed E-state index contributed by atoms with van der Waals surface area (Å²) in [6.07, 6.45) is 8.90. The van der Waals surface area contributed by atoms with Crippen LogP contribution >= 0.6 is 0 Å². The molecular weight excluding hydrogens is 757 g/mol. The van der Waals surface area contributed by atoms with Crippen molar-refractivity contribution in [3.8, 4) is 0 Å². The van der Waals surface area contributed by atoms with Gasteiger partial charge >= 0.3 is 11.9 Å². The van der Waals surface area contributed by atoms with Gasteiger partial charge in [-0.3, -0.25) is 9.59 Å². The zero-order valence-electron chi connectivity index (χ0n) is 36.4. The highest BCUT2D eigenvalue weighted by atomic mass is 16.5. The van der Waals surface area contributed by atoms with Crippen LogP contribution in [0.1, 0.15) is 137 Å². The van der Waals surface area contributed by atoms with Crippen molar-refractivity contribution in [1.29, 1.82) is 0 Å². The number of esters is 2. The first kappa shape index (κ1) is 45.1. The number of fused-ring (bicyclic) bond motifs is 8. The fraction of sp³-hybridized carbons (Fsp3) is 0.417. The summed E-state index contributed by atoms with van der Waals surface area (Å²) in [6.45, 7) is 20.4. The number of hydrogen-bond donors (Lipinski definition) is 4. The van der Waals surface area contributed by atoms with Crippen molar-refractivity contribution in [2.75, 3.05) is 14.2 Å². The SMILES string of the molecule is C=Cc1c(C)c2cc3[nH]c(cc4nc(cc5nc(cc1[nH]2)C(C)=C5CCC(=O)NC(CCCC)C(=O)OC)C(CCC(=O)NC(CCCC)C(=O)OC)=C4C)c(C)c3C=C. The molecule has 0 radical (unpaired) electrons. The Hall–Kier alpha value is -6.04. The Morgan fingerprint density at radius 2 is 1.03 bits per heavy atom. The molecule has 0 spiro atoms. The molecular formula is C48H60N6O6. The van der Waals surface area contributed by atoms with Gasteiger partial charge in [-0.15, -0.1) is 0 Å².